The molecule has 4 heteroatoms. The third kappa shape index (κ3) is 5.94. The number of carbonyl (C=O) groups excluding carboxylic acids is 1. The summed E-state index contributed by atoms with van der Waals surface area (Å²) in [5, 5.41) is 3.21. The first-order valence-corrected chi connectivity index (χ1v) is 5.37. The predicted molar refractivity (Wildman–Crippen MR) is 58.8 cm³/mol. The Labute approximate surface area is 86.4 Å². The number of hydrogen-bond donors (Lipinski definition) is 3. The monoisotopic (exact) mass is 201 g/mol. The van der Waals surface area contributed by atoms with E-state index in [-0.39, 0.29) is 11.9 Å². The molecule has 0 bridgehead atoms. The van der Waals surface area contributed by atoms with E-state index in [0.717, 1.165) is 25.7 Å². The van der Waals surface area contributed by atoms with Gasteiger partial charge in [-0.2, -0.15) is 0 Å². The molecule has 2 atom stereocenters. The molecule has 2 unspecified atom stereocenters. The maximum Gasteiger partial charge on any atom is 0.234 e. The molecule has 0 aromatic heterocycles. The topological polar surface area (TPSA) is 81.1 Å². The predicted octanol–water partition coefficient (Wildman–Crippen LogP) is 0.357. The zero-order valence-electron chi connectivity index (χ0n) is 9.25. The van der Waals surface area contributed by atoms with Crippen LogP contribution in [0.5, 0.6) is 0 Å². The van der Waals surface area contributed by atoms with E-state index in [0.29, 0.717) is 12.6 Å². The van der Waals surface area contributed by atoms with Crippen molar-refractivity contribution in [2.24, 2.45) is 11.5 Å². The molecule has 0 spiro atoms. The molecule has 1 amide bonds. The fourth-order valence-electron chi connectivity index (χ4n) is 1.26. The molecular weight excluding hydrogens is 178 g/mol. The number of hydrogen-bond acceptors (Lipinski definition) is 3. The highest BCUT2D eigenvalue weighted by Crippen LogP contribution is 2.02. The van der Waals surface area contributed by atoms with Crippen LogP contribution < -0.4 is 16.8 Å². The lowest BCUT2D eigenvalue weighted by Crippen LogP contribution is -2.45. The van der Waals surface area contributed by atoms with E-state index in [1.165, 1.54) is 0 Å². The van der Waals surface area contributed by atoms with Gasteiger partial charge in [0.15, 0.2) is 0 Å². The second-order valence-corrected chi connectivity index (χ2v) is 3.72. The first-order valence-electron chi connectivity index (χ1n) is 5.37. The normalized spacial score (nSPS) is 15.1. The van der Waals surface area contributed by atoms with E-state index < -0.39 is 0 Å². The zero-order valence-corrected chi connectivity index (χ0v) is 9.25. The summed E-state index contributed by atoms with van der Waals surface area (Å²) in [6, 6.07) is 0.141. The fourth-order valence-corrected chi connectivity index (χ4v) is 1.26. The molecule has 0 saturated heterocycles. The van der Waals surface area contributed by atoms with E-state index in [9.17, 15) is 4.79 Å². The molecule has 0 saturated carbocycles. The summed E-state index contributed by atoms with van der Waals surface area (Å²) in [5.41, 5.74) is 10.7. The van der Waals surface area contributed by atoms with Crippen LogP contribution in [0.3, 0.4) is 0 Å². The number of carbonyl (C=O) groups is 1. The lowest BCUT2D eigenvalue weighted by atomic mass is 10.1. The number of nitrogens with one attached hydrogen (secondary N) is 1. The molecule has 0 fully saturated rings. The molecule has 0 aromatic rings. The number of rotatable bonds is 8. The lowest BCUT2D eigenvalue weighted by molar-refractivity contribution is -0.120. The Hall–Kier alpha value is -0.610. The number of unbranched alkanes of at least 4 members (excludes halogenated alkanes) is 1. The summed E-state index contributed by atoms with van der Waals surface area (Å²) < 4.78 is 0. The van der Waals surface area contributed by atoms with Gasteiger partial charge >= 0.3 is 0 Å². The minimum absolute atomic E-state index is 0.198. The van der Waals surface area contributed by atoms with Gasteiger partial charge in [0.05, 0.1) is 6.04 Å². The van der Waals surface area contributed by atoms with Crippen molar-refractivity contribution in [1.29, 1.82) is 0 Å². The summed E-state index contributed by atoms with van der Waals surface area (Å²) in [6.45, 7) is 4.81. The molecule has 0 aromatic carbocycles. The molecule has 5 N–H and O–H groups in total. The van der Waals surface area contributed by atoms with Crippen LogP contribution in [0, 0.1) is 0 Å². The molecule has 0 radical (unpaired) electrons. The molecule has 0 rings (SSSR count). The first-order chi connectivity index (χ1) is 6.61. The maximum absolute atomic E-state index is 11.1. The van der Waals surface area contributed by atoms with E-state index in [1.54, 1.807) is 0 Å². The van der Waals surface area contributed by atoms with Crippen LogP contribution in [-0.4, -0.2) is 24.5 Å². The average molecular weight is 201 g/mol. The second-order valence-electron chi connectivity index (χ2n) is 3.72. The van der Waals surface area contributed by atoms with Crippen LogP contribution in [0.25, 0.3) is 0 Å². The van der Waals surface area contributed by atoms with E-state index in [1.807, 2.05) is 0 Å². The average Bonchev–Trinajstić information content (AvgIpc) is 2.16. The van der Waals surface area contributed by atoms with Crippen molar-refractivity contribution in [2.75, 3.05) is 6.54 Å². The Morgan fingerprint density at radius 2 is 2.07 bits per heavy atom. The van der Waals surface area contributed by atoms with Crippen molar-refractivity contribution in [3.05, 3.63) is 0 Å². The molecule has 4 nitrogen and oxygen atoms in total. The highest BCUT2D eigenvalue weighted by Gasteiger charge is 2.15. The number of nitrogens with two attached hydrogens (primary N) is 2. The molecule has 14 heavy (non-hydrogen) atoms. The minimum Gasteiger partial charge on any atom is -0.368 e. The van der Waals surface area contributed by atoms with Crippen molar-refractivity contribution >= 4 is 5.91 Å². The summed E-state index contributed by atoms with van der Waals surface area (Å²) in [7, 11) is 0. The molecular formula is C10H23N3O. The Bertz CT molecular complexity index is 161. The van der Waals surface area contributed by atoms with E-state index >= 15 is 0 Å². The van der Waals surface area contributed by atoms with Gasteiger partial charge in [-0.25, -0.2) is 0 Å². The lowest BCUT2D eigenvalue weighted by Gasteiger charge is -2.19. The van der Waals surface area contributed by atoms with Crippen molar-refractivity contribution in [1.82, 2.24) is 5.32 Å². The van der Waals surface area contributed by atoms with E-state index in [2.05, 4.69) is 19.2 Å². The van der Waals surface area contributed by atoms with Crippen LogP contribution in [0.2, 0.25) is 0 Å². The van der Waals surface area contributed by atoms with Gasteiger partial charge in [0.1, 0.15) is 0 Å². The maximum atomic E-state index is 11.1. The fraction of sp³-hybridized carbons (Fsp3) is 0.900. The second kappa shape index (κ2) is 7.76. The smallest absolute Gasteiger partial charge is 0.234 e. The molecule has 84 valence electrons. The van der Waals surface area contributed by atoms with Crippen LogP contribution in [0.1, 0.15) is 39.5 Å². The van der Waals surface area contributed by atoms with Gasteiger partial charge in [-0.3, -0.25) is 4.79 Å². The molecule has 0 aliphatic rings. The highest BCUT2D eigenvalue weighted by molar-refractivity contribution is 5.79. The zero-order chi connectivity index (χ0) is 11.0. The minimum atomic E-state index is -0.262. The summed E-state index contributed by atoms with van der Waals surface area (Å²) in [4.78, 5) is 11.1. The first kappa shape index (κ1) is 13.4. The van der Waals surface area contributed by atoms with E-state index in [4.69, 9.17) is 11.5 Å². The Morgan fingerprint density at radius 1 is 1.43 bits per heavy atom. The van der Waals surface area contributed by atoms with Gasteiger partial charge < -0.3 is 16.8 Å². The Kier molecular flexibility index (Phi) is 7.42. The quantitative estimate of drug-likeness (QED) is 0.496. The third-order valence-corrected chi connectivity index (χ3v) is 2.39. The van der Waals surface area contributed by atoms with Gasteiger partial charge in [-0.1, -0.05) is 13.3 Å². The molecule has 0 aliphatic heterocycles. The van der Waals surface area contributed by atoms with Crippen molar-refractivity contribution in [3.63, 3.8) is 0 Å². The van der Waals surface area contributed by atoms with Crippen LogP contribution in [-0.2, 0) is 4.79 Å². The van der Waals surface area contributed by atoms with Gasteiger partial charge in [0.2, 0.25) is 5.91 Å². The van der Waals surface area contributed by atoms with Crippen LogP contribution >= 0.6 is 0 Å². The Balaban J connectivity index is 3.84. The summed E-state index contributed by atoms with van der Waals surface area (Å²) in [5.74, 6) is -0.262. The molecule has 0 aliphatic carbocycles. The SMILES string of the molecule is CCC(C)NC(CCCCN)C(N)=O. The Morgan fingerprint density at radius 3 is 2.50 bits per heavy atom. The highest BCUT2D eigenvalue weighted by atomic mass is 16.1. The van der Waals surface area contributed by atoms with Crippen LogP contribution in [0.4, 0.5) is 0 Å². The van der Waals surface area contributed by atoms with Gasteiger partial charge in [-0.15, -0.1) is 0 Å². The molecule has 0 heterocycles. The van der Waals surface area contributed by atoms with Crippen LogP contribution in [0.15, 0.2) is 0 Å². The standard InChI is InChI=1S/C10H23N3O/c1-3-8(2)13-9(10(12)14)6-4-5-7-11/h8-9,13H,3-7,11H2,1-2H3,(H2,12,14). The van der Waals surface area contributed by atoms with Crippen molar-refractivity contribution in [3.8, 4) is 0 Å². The van der Waals surface area contributed by atoms with Gasteiger partial charge in [0, 0.05) is 6.04 Å². The largest absolute Gasteiger partial charge is 0.368 e. The number of primary amides is 1. The summed E-state index contributed by atoms with van der Waals surface area (Å²) in [6.07, 6.45) is 3.69. The van der Waals surface area contributed by atoms with Gasteiger partial charge in [-0.05, 0) is 32.7 Å². The van der Waals surface area contributed by atoms with Gasteiger partial charge in [0.25, 0.3) is 0 Å². The summed E-state index contributed by atoms with van der Waals surface area (Å²) >= 11 is 0. The van der Waals surface area contributed by atoms with Crippen molar-refractivity contribution in [2.45, 2.75) is 51.6 Å². The van der Waals surface area contributed by atoms with Crippen molar-refractivity contribution < 1.29 is 4.79 Å². The third-order valence-electron chi connectivity index (χ3n) is 2.39. The number of amides is 1.